The molecule has 5 saturated heterocycles. The number of pyridine rings is 4. The van der Waals surface area contributed by atoms with Gasteiger partial charge in [0.05, 0.1) is 58.4 Å². The third-order valence-corrected chi connectivity index (χ3v) is 23.1. The largest absolute Gasteiger partial charge is 0.444 e. The minimum absolute atomic E-state index is 0.0253. The number of urea groups is 3. The highest BCUT2D eigenvalue weighted by molar-refractivity contribution is 5.91. The number of hydrogen-bond acceptors (Lipinski definition) is 22. The fourth-order valence-electron chi connectivity index (χ4n) is 16.1. The highest BCUT2D eigenvalue weighted by atomic mass is 19.1. The first-order valence-electron chi connectivity index (χ1n) is 48.5. The number of para-hydroxylation sites is 3. The Morgan fingerprint density at radius 3 is 1.31 bits per heavy atom. The first kappa shape index (κ1) is 114. The van der Waals surface area contributed by atoms with E-state index in [1.807, 2.05) is 90.3 Å². The van der Waals surface area contributed by atoms with Crippen molar-refractivity contribution in [2.75, 3.05) is 91.6 Å². The van der Waals surface area contributed by atoms with Gasteiger partial charge < -0.3 is 87.5 Å². The number of nitro groups is 1. The van der Waals surface area contributed by atoms with Crippen molar-refractivity contribution in [3.63, 3.8) is 0 Å². The Bertz CT molecular complexity index is 5080. The zero-order chi connectivity index (χ0) is 102. The predicted molar refractivity (Wildman–Crippen MR) is 528 cm³/mol. The van der Waals surface area contributed by atoms with E-state index in [0.29, 0.717) is 86.7 Å². The van der Waals surface area contributed by atoms with Crippen LogP contribution in [-0.2, 0) is 58.0 Å². The van der Waals surface area contributed by atoms with Gasteiger partial charge in [-0.05, 0) is 281 Å². The van der Waals surface area contributed by atoms with Crippen molar-refractivity contribution in [3.05, 3.63) is 221 Å². The number of imidazole rings is 2. The number of unbranched alkanes of at least 4 members (excludes halogenated alkanes) is 2. The summed E-state index contributed by atoms with van der Waals surface area (Å²) in [5.74, 6) is 1.71. The number of aromatic amines is 1. The van der Waals surface area contributed by atoms with E-state index in [-0.39, 0.29) is 109 Å². The number of nitrogens with zero attached hydrogens (tertiary/aromatic N) is 12. The lowest BCUT2D eigenvalue weighted by atomic mass is 9.92. The number of carbonyl (C=O) groups excluding carboxylic acids is 8. The van der Waals surface area contributed by atoms with E-state index in [1.165, 1.54) is 116 Å². The summed E-state index contributed by atoms with van der Waals surface area (Å²) in [6.07, 6.45) is 30.9. The Labute approximate surface area is 819 Å². The minimum Gasteiger partial charge on any atom is -0.444 e. The molecule has 0 spiro atoms. The van der Waals surface area contributed by atoms with E-state index in [9.17, 15) is 66.0 Å². The standard InChI is InChI=1S/C24H30FN5O.C19H29FN4O3.C16H26N4O3.C14H21FN4O.C12H24N2O2.C10H9NO3.C6H7FN2/c25-19-10-6-14-26-22(19)16-27-24(31)30-15-7-9-18(17-30)8-2-1-3-13-23-28-20-11-4-5-12-21(20)29-23;1-19(2,3)27-18(26)22-10-8-14-6-5-11-24(13-14)17(25)23-12-16-15(20)7-4-9-21-16;1-16(2,3)23-14(21)18-7-6-13-5-4-9-19(11-13)15(22)20-10-8-17-12-20;15-12-4-1-7-17-13(12)9-18-14(20)19-8-2-3-11(10-19)5-6-16;1-12(2,3)16-11(15)14-8-6-10-5-4-7-13-9-10;1-2-9(12)7-8-5-3-4-6-10(8)11(13)14;7-5-2-1-3-9-6(5)4-8/h4-6,10-12,14,18H,1-3,7-9,13,15-17H2,(H,27,31)(H,28,29);4,7,9,14H,5-6,8,10-13H2,1-3H3,(H,22,26)(H,23,25);8,10,12-13H,4-7,9,11H2,1-3H3,(H,18,21);1,4,7,11H,2-3,5-6,8-10,16H2,(H,18,20);10,13H,4-9H2,1-3H3,(H,14,15);2-6H,1,7H2;1-3H,4,8H2. The van der Waals surface area contributed by atoms with Crippen LogP contribution in [0, 0.1) is 63.0 Å². The van der Waals surface area contributed by atoms with E-state index < -0.39 is 39.5 Å². The lowest BCUT2D eigenvalue weighted by Crippen LogP contribution is -2.46. The van der Waals surface area contributed by atoms with Crippen molar-refractivity contribution in [3.8, 4) is 0 Å². The Morgan fingerprint density at radius 1 is 0.500 bits per heavy atom. The topological polar surface area (TPSA) is 455 Å². The van der Waals surface area contributed by atoms with Crippen LogP contribution in [-0.4, -0.2) is 221 Å². The van der Waals surface area contributed by atoms with Crippen LogP contribution in [0.15, 0.2) is 153 Å². The number of likely N-dealkylation sites (tertiary alicyclic amines) is 4. The highest BCUT2D eigenvalue weighted by Crippen LogP contribution is 2.27. The van der Waals surface area contributed by atoms with Gasteiger partial charge >= 0.3 is 42.4 Å². The monoisotopic (exact) mass is 1950 g/mol. The third-order valence-electron chi connectivity index (χ3n) is 23.1. The maximum absolute atomic E-state index is 13.7. The molecule has 12 N–H and O–H groups in total. The molecule has 11 heterocycles. The molecule has 5 unspecified atom stereocenters. The molecule has 5 atom stereocenters. The van der Waals surface area contributed by atoms with Crippen molar-refractivity contribution in [1.29, 1.82) is 0 Å². The first-order valence-corrected chi connectivity index (χ1v) is 48.5. The van der Waals surface area contributed by atoms with Crippen LogP contribution in [0.4, 0.5) is 56.8 Å². The van der Waals surface area contributed by atoms with Crippen molar-refractivity contribution in [2.45, 2.75) is 234 Å². The van der Waals surface area contributed by atoms with E-state index in [0.717, 1.165) is 159 Å². The molecule has 5 aliphatic rings. The molecule has 0 bridgehead atoms. The first-order chi connectivity index (χ1) is 66.9. The Hall–Kier alpha value is -12.8. The Kier molecular flexibility index (Phi) is 49.7. The molecule has 35 nitrogen and oxygen atoms in total. The number of allylic oxidation sites excluding steroid dienone is 1. The number of piperidine rings is 5. The van der Waals surface area contributed by atoms with E-state index in [1.54, 1.807) is 46.5 Å². The number of halogens is 4. The maximum atomic E-state index is 13.7. The number of ether oxygens (including phenoxy) is 3. The maximum Gasteiger partial charge on any atom is 0.407 e. The fourth-order valence-corrected chi connectivity index (χ4v) is 16.1. The predicted octanol–water partition coefficient (Wildman–Crippen LogP) is 16.3. The number of benzene rings is 2. The number of alkyl carbamates (subject to hydrolysis) is 3. The smallest absolute Gasteiger partial charge is 0.407 e. The van der Waals surface area contributed by atoms with Gasteiger partial charge in [0.1, 0.15) is 52.2 Å². The third kappa shape index (κ3) is 45.0. The zero-order valence-corrected chi connectivity index (χ0v) is 82.7. The second-order valence-electron chi connectivity index (χ2n) is 38.0. The summed E-state index contributed by atoms with van der Waals surface area (Å²) >= 11 is 0. The number of carbonyl (C=O) groups is 8. The summed E-state index contributed by atoms with van der Waals surface area (Å²) < 4.78 is 70.2. The van der Waals surface area contributed by atoms with Gasteiger partial charge in [0.2, 0.25) is 0 Å². The Morgan fingerprint density at radius 2 is 0.914 bits per heavy atom. The van der Waals surface area contributed by atoms with Gasteiger partial charge in [-0.3, -0.25) is 39.4 Å². The molecule has 13 rings (SSSR count). The van der Waals surface area contributed by atoms with Crippen LogP contribution >= 0.6 is 0 Å². The lowest BCUT2D eigenvalue weighted by Gasteiger charge is -2.33. The van der Waals surface area contributed by atoms with Crippen LogP contribution in [0.3, 0.4) is 0 Å². The van der Waals surface area contributed by atoms with Crippen molar-refractivity contribution < 1.29 is 75.1 Å². The minimum atomic E-state index is -0.517. The summed E-state index contributed by atoms with van der Waals surface area (Å²) in [4.78, 5) is 140. The summed E-state index contributed by atoms with van der Waals surface area (Å²) in [6.45, 7) is 30.8. The van der Waals surface area contributed by atoms with Gasteiger partial charge in [-0.1, -0.05) is 49.8 Å². The molecule has 10 amide bonds. The molecule has 5 fully saturated rings. The van der Waals surface area contributed by atoms with Gasteiger partial charge in [0, 0.05) is 140 Å². The van der Waals surface area contributed by atoms with Gasteiger partial charge in [-0.15, -0.1) is 0 Å². The average molecular weight is 1950 g/mol. The van der Waals surface area contributed by atoms with Crippen molar-refractivity contribution in [2.24, 2.45) is 41.1 Å². The number of rotatable bonds is 28. The number of amides is 10. The summed E-state index contributed by atoms with van der Waals surface area (Å²) in [6, 6.07) is 25.3. The number of aromatic nitrogens is 8. The number of nitrogens with two attached hydrogens (primary N) is 2. The summed E-state index contributed by atoms with van der Waals surface area (Å²) in [5.41, 5.74) is 12.9. The molecule has 5 aliphatic heterocycles. The SMILES string of the molecule is C=CC(=O)Cc1ccccc1[N+](=O)[O-].CC(C)(C)OC(=O)NCCC1CCCN(C(=O)NCc2ncccc2F)C1.CC(C)(C)OC(=O)NCCC1CCCN(C(=O)n2ccnc2)C1.CC(C)(C)OC(=O)NCCC1CCCNC1.NCCC1CCCN(C(=O)NCc2ncccc2F)C1.NCc1ncccc1F.O=C(NCc1ncccc1F)N1CCCC(CCCCCc2nc3ccccc3[nH]2)C1. The average Bonchev–Trinajstić information content (AvgIpc) is 1.71. The van der Waals surface area contributed by atoms with Crippen molar-refractivity contribution in [1.82, 2.24) is 96.3 Å². The number of nitro benzene ring substituents is 1. The van der Waals surface area contributed by atoms with Gasteiger partial charge in [-0.25, -0.2) is 61.1 Å². The number of H-pyrrole nitrogens is 1. The highest BCUT2D eigenvalue weighted by Gasteiger charge is 2.30. The Balaban J connectivity index is 0.000000228. The van der Waals surface area contributed by atoms with Crippen LogP contribution < -0.4 is 48.7 Å². The number of nitrogens with one attached hydrogen (secondary N) is 8. The van der Waals surface area contributed by atoms with Crippen LogP contribution in [0.25, 0.3) is 11.0 Å². The molecule has 39 heteroatoms. The lowest BCUT2D eigenvalue weighted by molar-refractivity contribution is -0.385. The van der Waals surface area contributed by atoms with Gasteiger partial charge in [0.15, 0.2) is 5.78 Å². The number of ketones is 1. The molecular weight excluding hydrogens is 1810 g/mol. The normalized spacial score (nSPS) is 16.8. The quantitative estimate of drug-likeness (QED) is 0.00544. The van der Waals surface area contributed by atoms with E-state index >= 15 is 0 Å². The second-order valence-corrected chi connectivity index (χ2v) is 38.0. The number of hydrogen-bond donors (Lipinski definition) is 10. The second kappa shape index (κ2) is 60.9. The van der Waals surface area contributed by atoms with Crippen LogP contribution in [0.1, 0.15) is 212 Å². The molecular formula is C101H146F4N22O13. The fraction of sp³-hybridized carbons (Fsp3) is 0.545. The zero-order valence-electron chi connectivity index (χ0n) is 82.7. The molecule has 6 aromatic heterocycles. The summed E-state index contributed by atoms with van der Waals surface area (Å²) in [7, 11) is 0. The molecule has 2 aromatic carbocycles. The molecule has 0 radical (unpaired) electrons. The number of aryl methyl sites for hydroxylation is 1. The number of fused-ring (bicyclic) bond motifs is 1. The molecule has 8 aromatic rings. The van der Waals surface area contributed by atoms with Crippen LogP contribution in [0.5, 0.6) is 0 Å². The van der Waals surface area contributed by atoms with Gasteiger partial charge in [-0.2, -0.15) is 0 Å². The summed E-state index contributed by atoms with van der Waals surface area (Å²) in [5, 5.41) is 30.5. The van der Waals surface area contributed by atoms with Gasteiger partial charge in [0.25, 0.3) is 5.69 Å². The molecule has 0 saturated carbocycles. The molecule has 140 heavy (non-hydrogen) atoms. The van der Waals surface area contributed by atoms with Crippen molar-refractivity contribution >= 4 is 64.9 Å². The molecule has 0 aliphatic carbocycles. The van der Waals surface area contributed by atoms with E-state index in [2.05, 4.69) is 84.8 Å². The van der Waals surface area contributed by atoms with Crippen LogP contribution in [0.2, 0.25) is 0 Å². The molecule has 766 valence electrons. The van der Waals surface area contributed by atoms with E-state index in [4.69, 9.17) is 25.7 Å².